The highest BCUT2D eigenvalue weighted by Gasteiger charge is 2.08. The summed E-state index contributed by atoms with van der Waals surface area (Å²) in [6.45, 7) is 0.380. The zero-order chi connectivity index (χ0) is 16.1. The van der Waals surface area contributed by atoms with E-state index in [-0.39, 0.29) is 5.91 Å². The van der Waals surface area contributed by atoms with Gasteiger partial charge in [-0.1, -0.05) is 12.1 Å². The summed E-state index contributed by atoms with van der Waals surface area (Å²) in [7, 11) is 0. The van der Waals surface area contributed by atoms with E-state index >= 15 is 0 Å². The Kier molecular flexibility index (Phi) is 4.07. The Morgan fingerprint density at radius 1 is 1.26 bits per heavy atom. The van der Waals surface area contributed by atoms with Crippen LogP contribution in [0.15, 0.2) is 55.2 Å². The molecular formula is C16H12N6O. The Morgan fingerprint density at radius 3 is 2.78 bits per heavy atom. The molecule has 2 heterocycles. The quantitative estimate of drug-likeness (QED) is 0.787. The van der Waals surface area contributed by atoms with E-state index in [1.807, 2.05) is 12.1 Å². The van der Waals surface area contributed by atoms with Crippen molar-refractivity contribution >= 4 is 5.91 Å². The molecule has 0 aliphatic rings. The second-order valence-electron chi connectivity index (χ2n) is 4.73. The van der Waals surface area contributed by atoms with Gasteiger partial charge >= 0.3 is 0 Å². The molecule has 0 spiro atoms. The minimum Gasteiger partial charge on any atom is -0.348 e. The Morgan fingerprint density at radius 2 is 2.09 bits per heavy atom. The van der Waals surface area contributed by atoms with Crippen LogP contribution in [0.3, 0.4) is 0 Å². The normalized spacial score (nSPS) is 10.0. The van der Waals surface area contributed by atoms with Crippen LogP contribution in [0.1, 0.15) is 21.5 Å². The molecule has 0 radical (unpaired) electrons. The van der Waals surface area contributed by atoms with E-state index in [0.717, 1.165) is 5.56 Å². The number of pyridine rings is 1. The summed E-state index contributed by atoms with van der Waals surface area (Å²) in [4.78, 5) is 20.2. The monoisotopic (exact) mass is 304 g/mol. The standard InChI is InChI=1S/C16H12N6O/c17-8-12-1-3-13(4-2-12)9-20-16(23)14-5-6-19-15(7-14)22-11-18-10-21-22/h1-7,10-11H,9H2,(H,20,23). The van der Waals surface area contributed by atoms with E-state index in [9.17, 15) is 4.79 Å². The van der Waals surface area contributed by atoms with Crippen LogP contribution < -0.4 is 5.32 Å². The minimum atomic E-state index is -0.210. The van der Waals surface area contributed by atoms with Crippen LogP contribution in [0.2, 0.25) is 0 Å². The molecule has 0 aliphatic carbocycles. The summed E-state index contributed by atoms with van der Waals surface area (Å²) in [5.41, 5.74) is 1.99. The van der Waals surface area contributed by atoms with Gasteiger partial charge in [0.15, 0.2) is 5.82 Å². The van der Waals surface area contributed by atoms with E-state index in [0.29, 0.717) is 23.5 Å². The average Bonchev–Trinajstić information content (AvgIpc) is 3.15. The Labute approximate surface area is 132 Å². The number of rotatable bonds is 4. The van der Waals surface area contributed by atoms with E-state index in [4.69, 9.17) is 5.26 Å². The van der Waals surface area contributed by atoms with Crippen LogP contribution in [-0.2, 0) is 6.54 Å². The van der Waals surface area contributed by atoms with Crippen molar-refractivity contribution < 1.29 is 4.79 Å². The molecule has 112 valence electrons. The highest BCUT2D eigenvalue weighted by molar-refractivity contribution is 5.94. The van der Waals surface area contributed by atoms with Gasteiger partial charge in [0.25, 0.3) is 5.91 Å². The smallest absolute Gasteiger partial charge is 0.251 e. The third-order valence-corrected chi connectivity index (χ3v) is 3.20. The molecule has 3 rings (SSSR count). The largest absolute Gasteiger partial charge is 0.348 e. The van der Waals surface area contributed by atoms with Crippen molar-refractivity contribution in [3.8, 4) is 11.9 Å². The summed E-state index contributed by atoms with van der Waals surface area (Å²) < 4.78 is 1.48. The van der Waals surface area contributed by atoms with Crippen molar-refractivity contribution in [2.24, 2.45) is 0 Å². The van der Waals surface area contributed by atoms with Gasteiger partial charge in [0.1, 0.15) is 12.7 Å². The first-order valence-corrected chi connectivity index (χ1v) is 6.84. The molecule has 0 bridgehead atoms. The predicted octanol–water partition coefficient (Wildman–Crippen LogP) is 1.46. The van der Waals surface area contributed by atoms with Crippen molar-refractivity contribution in [3.63, 3.8) is 0 Å². The second kappa shape index (κ2) is 6.49. The van der Waals surface area contributed by atoms with Crippen molar-refractivity contribution in [3.05, 3.63) is 71.9 Å². The van der Waals surface area contributed by atoms with Crippen molar-refractivity contribution in [1.29, 1.82) is 5.26 Å². The fraction of sp³-hybridized carbons (Fsp3) is 0.0625. The summed E-state index contributed by atoms with van der Waals surface area (Å²) in [6, 6.07) is 12.4. The van der Waals surface area contributed by atoms with E-state index < -0.39 is 0 Å². The topological polar surface area (TPSA) is 96.5 Å². The lowest BCUT2D eigenvalue weighted by molar-refractivity contribution is 0.0950. The average molecular weight is 304 g/mol. The van der Waals surface area contributed by atoms with E-state index in [2.05, 4.69) is 26.5 Å². The summed E-state index contributed by atoms with van der Waals surface area (Å²) in [5.74, 6) is 0.312. The lowest BCUT2D eigenvalue weighted by atomic mass is 10.1. The first kappa shape index (κ1) is 14.4. The molecule has 0 aliphatic heterocycles. The van der Waals surface area contributed by atoms with Gasteiger partial charge in [-0.3, -0.25) is 4.79 Å². The van der Waals surface area contributed by atoms with Gasteiger partial charge in [0, 0.05) is 18.3 Å². The number of nitrogens with zero attached hydrogens (tertiary/aromatic N) is 5. The molecular weight excluding hydrogens is 292 g/mol. The molecule has 0 saturated heterocycles. The Bertz CT molecular complexity index is 849. The molecule has 1 N–H and O–H groups in total. The maximum Gasteiger partial charge on any atom is 0.251 e. The number of carbonyl (C=O) groups is 1. The number of aromatic nitrogens is 4. The fourth-order valence-electron chi connectivity index (χ4n) is 1.99. The minimum absolute atomic E-state index is 0.210. The molecule has 2 aromatic heterocycles. The summed E-state index contributed by atoms with van der Waals surface area (Å²) in [6.07, 6.45) is 4.47. The first-order chi connectivity index (χ1) is 11.3. The third kappa shape index (κ3) is 3.39. The van der Waals surface area contributed by atoms with E-state index in [1.54, 1.807) is 30.5 Å². The molecule has 7 nitrogen and oxygen atoms in total. The second-order valence-corrected chi connectivity index (χ2v) is 4.73. The zero-order valence-corrected chi connectivity index (χ0v) is 12.0. The number of amides is 1. The van der Waals surface area contributed by atoms with Crippen LogP contribution in [-0.4, -0.2) is 25.7 Å². The molecule has 0 fully saturated rings. The molecule has 3 aromatic rings. The van der Waals surface area contributed by atoms with Gasteiger partial charge in [-0.25, -0.2) is 14.6 Å². The number of hydrogen-bond donors (Lipinski definition) is 1. The predicted molar refractivity (Wildman–Crippen MR) is 81.5 cm³/mol. The van der Waals surface area contributed by atoms with Crippen molar-refractivity contribution in [1.82, 2.24) is 25.1 Å². The van der Waals surface area contributed by atoms with Crippen molar-refractivity contribution in [2.75, 3.05) is 0 Å². The SMILES string of the molecule is N#Cc1ccc(CNC(=O)c2ccnc(-n3cncn3)c2)cc1. The van der Waals surface area contributed by atoms with Gasteiger partial charge in [0.05, 0.1) is 11.6 Å². The Hall–Kier alpha value is -3.53. The van der Waals surface area contributed by atoms with Crippen LogP contribution in [0, 0.1) is 11.3 Å². The molecule has 0 atom stereocenters. The van der Waals surface area contributed by atoms with Gasteiger partial charge in [-0.15, -0.1) is 0 Å². The lowest BCUT2D eigenvalue weighted by Crippen LogP contribution is -2.23. The van der Waals surface area contributed by atoms with Gasteiger partial charge in [-0.05, 0) is 29.8 Å². The lowest BCUT2D eigenvalue weighted by Gasteiger charge is -2.07. The number of carbonyl (C=O) groups excluding carboxylic acids is 1. The molecule has 1 aromatic carbocycles. The number of hydrogen-bond acceptors (Lipinski definition) is 5. The first-order valence-electron chi connectivity index (χ1n) is 6.84. The summed E-state index contributed by atoms with van der Waals surface area (Å²) >= 11 is 0. The molecule has 7 heteroatoms. The maximum absolute atomic E-state index is 12.2. The van der Waals surface area contributed by atoms with Gasteiger partial charge in [0.2, 0.25) is 0 Å². The van der Waals surface area contributed by atoms with E-state index in [1.165, 1.54) is 17.3 Å². The van der Waals surface area contributed by atoms with Crippen molar-refractivity contribution in [2.45, 2.75) is 6.54 Å². The molecule has 0 unspecified atom stereocenters. The highest BCUT2D eigenvalue weighted by Crippen LogP contribution is 2.07. The highest BCUT2D eigenvalue weighted by atomic mass is 16.1. The number of benzene rings is 1. The number of nitrogens with one attached hydrogen (secondary N) is 1. The third-order valence-electron chi connectivity index (χ3n) is 3.20. The Balaban J connectivity index is 1.68. The van der Waals surface area contributed by atoms with Crippen LogP contribution in [0.25, 0.3) is 5.82 Å². The fourth-order valence-corrected chi connectivity index (χ4v) is 1.99. The molecule has 0 saturated carbocycles. The molecule has 1 amide bonds. The van der Waals surface area contributed by atoms with Crippen LogP contribution in [0.5, 0.6) is 0 Å². The molecule has 23 heavy (non-hydrogen) atoms. The van der Waals surface area contributed by atoms with Gasteiger partial charge in [-0.2, -0.15) is 10.4 Å². The van der Waals surface area contributed by atoms with Gasteiger partial charge < -0.3 is 5.32 Å². The maximum atomic E-state index is 12.2. The summed E-state index contributed by atoms with van der Waals surface area (Å²) in [5, 5.41) is 15.6. The van der Waals surface area contributed by atoms with Crippen LogP contribution in [0.4, 0.5) is 0 Å². The zero-order valence-electron chi connectivity index (χ0n) is 12.0. The number of nitriles is 1. The van der Waals surface area contributed by atoms with Crippen LogP contribution >= 0.6 is 0 Å².